The van der Waals surface area contributed by atoms with Gasteiger partial charge in [0.25, 0.3) is 0 Å². The summed E-state index contributed by atoms with van der Waals surface area (Å²) in [6.07, 6.45) is 12.5. The van der Waals surface area contributed by atoms with Gasteiger partial charge in [-0.15, -0.1) is 0 Å². The van der Waals surface area contributed by atoms with Crippen LogP contribution in [0.1, 0.15) is 123 Å². The molecule has 0 bridgehead atoms. The highest BCUT2D eigenvalue weighted by Crippen LogP contribution is 2.45. The molecule has 8 aliphatic rings. The van der Waals surface area contributed by atoms with Crippen molar-refractivity contribution < 1.29 is 93.1 Å². The average Bonchev–Trinajstić information content (AvgIpc) is 1.60. The second-order valence-corrected chi connectivity index (χ2v) is 34.9. The summed E-state index contributed by atoms with van der Waals surface area (Å²) in [6.45, 7) is 0. The first-order valence-corrected chi connectivity index (χ1v) is 44.5. The van der Waals surface area contributed by atoms with Crippen molar-refractivity contribution in [3.63, 3.8) is 0 Å². The smallest absolute Gasteiger partial charge is 0.306 e. The first-order chi connectivity index (χ1) is 64.6. The standard InChI is InChI=1S/2C28H24F2N4O3.C15H17FN2O3.C13H8FIN2.C11H13FN2O2.C4H6O2/c2*1-37-21-9-10-23(30)22(13-21)27-24(32-28(36)16-2-3-16)14-26(35)33(27)20-8-11-25-17(12-20)15-31-34(25)19-6-4-18(29)5-7-19;1-21-9-4-5-11(16)10(6-9)14-12(7-13(19)18-14)17-15(20)8-2-3-8;14-10-1-4-12(5-2-10)17-13-6-3-11(15)7-9(13)8-16-17;1-16-6-2-3-8(12)7(4-6)11-9(13)5-10(15)14-11;5-4(6)3-1-2-3/h2*4-13,15-16,24,27H,2-3,14H2,1H3,(H,32,36);4-6,8,12,14H,2-3,7H2,1H3,(H,17,20)(H,18,19);1-8H;2-4,9,11H,5,13H2,1H3,(H,14,15);3H,1-2H2,(H,5,6)/t2*24-,27+;12-,14+;;9-,11+;/m100.0./s1. The summed E-state index contributed by atoms with van der Waals surface area (Å²) in [5, 5.41) is 38.1. The average molecular weight is 1950 g/mol. The molecular formula is C99H92F7IN14O13. The number of hydrogen-bond acceptors (Lipinski definition) is 16. The summed E-state index contributed by atoms with van der Waals surface area (Å²) in [6, 6.07) is 48.3. The molecule has 692 valence electrons. The zero-order valence-corrected chi connectivity index (χ0v) is 74.9. The predicted molar refractivity (Wildman–Crippen MR) is 491 cm³/mol. The van der Waals surface area contributed by atoms with Gasteiger partial charge in [0, 0.05) is 103 Å². The number of ether oxygens (including phenoxy) is 4. The predicted octanol–water partition coefficient (Wildman–Crippen LogP) is 15.6. The number of fused-ring (bicyclic) bond motifs is 3. The molecule has 7 amide bonds. The molecule has 4 saturated heterocycles. The third-order valence-electron chi connectivity index (χ3n) is 24.2. The summed E-state index contributed by atoms with van der Waals surface area (Å²) in [5.74, 6) is -2.43. The Hall–Kier alpha value is -14.2. The number of hydrogen-bond donors (Lipinski definition) is 7. The molecule has 3 aromatic heterocycles. The van der Waals surface area contributed by atoms with Gasteiger partial charge in [0.05, 0.1) is 129 Å². The second-order valence-electron chi connectivity index (χ2n) is 33.6. The maximum atomic E-state index is 15.2. The Labute approximate surface area is 777 Å². The lowest BCUT2D eigenvalue weighted by Gasteiger charge is -2.30. The second kappa shape index (κ2) is 40.5. The van der Waals surface area contributed by atoms with Gasteiger partial charge >= 0.3 is 5.97 Å². The maximum Gasteiger partial charge on any atom is 0.306 e. The van der Waals surface area contributed by atoms with Crippen LogP contribution in [-0.2, 0) is 38.4 Å². The van der Waals surface area contributed by atoms with Crippen LogP contribution in [0.3, 0.4) is 0 Å². The van der Waals surface area contributed by atoms with Crippen molar-refractivity contribution in [1.29, 1.82) is 0 Å². The largest absolute Gasteiger partial charge is 0.497 e. The SMILES string of the molecule is COc1ccc(F)c([C@@H]2[C@@H](NC(=O)C3CC3)CC(=O)N2c2ccc3c(cnn3-c3ccc(F)cc3)c2)c1.COc1ccc(F)c([C@H]2NC(=O)C[C@@H]2N)c1.COc1ccc(F)c([C@H]2NC(=O)C[C@@H]2NC(=O)C2CC2)c1.COc1ccc(F)c([C@H]2[C@H](NC(=O)C3CC3)CC(=O)N2c2ccc3c(cnn3-c3ccc(F)cc3)c2)c1.Fc1ccc(-n2ncc3cc(I)ccc32)cc1.O=C(O)C1CC1. The number of rotatable bonds is 20. The van der Waals surface area contributed by atoms with Crippen LogP contribution < -0.4 is 61.1 Å². The molecule has 4 aliphatic heterocycles. The van der Waals surface area contributed by atoms with Gasteiger partial charge in [-0.25, -0.2) is 44.8 Å². The van der Waals surface area contributed by atoms with E-state index in [-0.39, 0.29) is 125 Å². The van der Waals surface area contributed by atoms with Gasteiger partial charge in [0.15, 0.2) is 0 Å². The lowest BCUT2D eigenvalue weighted by molar-refractivity contribution is -0.138. The Kier molecular flexibility index (Phi) is 28.1. The van der Waals surface area contributed by atoms with Crippen LogP contribution >= 0.6 is 22.6 Å². The monoisotopic (exact) mass is 1940 g/mol. The number of carboxylic acid groups (broad SMARTS) is 1. The first kappa shape index (κ1) is 93.0. The molecule has 35 heteroatoms. The number of halogens is 8. The number of aromatic nitrogens is 6. The van der Waals surface area contributed by atoms with Crippen LogP contribution in [0.5, 0.6) is 23.0 Å². The Balaban J connectivity index is 0.000000125. The molecule has 10 aromatic carbocycles. The molecule has 4 aliphatic carbocycles. The molecule has 8 fully saturated rings. The fourth-order valence-electron chi connectivity index (χ4n) is 16.6. The molecule has 21 rings (SSSR count). The van der Waals surface area contributed by atoms with Gasteiger partial charge in [-0.05, 0) is 274 Å². The molecule has 0 unspecified atom stereocenters. The number of benzene rings is 10. The van der Waals surface area contributed by atoms with E-state index in [1.165, 1.54) is 117 Å². The van der Waals surface area contributed by atoms with Gasteiger partial charge < -0.3 is 66.2 Å². The first-order valence-electron chi connectivity index (χ1n) is 43.4. The minimum atomic E-state index is -0.755. The van der Waals surface area contributed by atoms with Gasteiger partial charge in [0.1, 0.15) is 63.7 Å². The lowest BCUT2D eigenvalue weighted by Crippen LogP contribution is -2.41. The topological polar surface area (TPSA) is 340 Å². The van der Waals surface area contributed by atoms with Crippen molar-refractivity contribution in [3.8, 4) is 40.1 Å². The quantitative estimate of drug-likeness (QED) is 0.0275. The van der Waals surface area contributed by atoms with Gasteiger partial charge in [-0.1, -0.05) is 0 Å². The van der Waals surface area contributed by atoms with E-state index in [1.807, 2.05) is 47.3 Å². The molecule has 4 saturated carbocycles. The van der Waals surface area contributed by atoms with Gasteiger partial charge in [-0.2, -0.15) is 15.3 Å². The number of carbonyl (C=O) groups is 8. The molecule has 8 atom stereocenters. The summed E-state index contributed by atoms with van der Waals surface area (Å²) in [4.78, 5) is 99.5. The van der Waals surface area contributed by atoms with Crippen LogP contribution in [0, 0.1) is 68.0 Å². The van der Waals surface area contributed by atoms with Crippen LogP contribution in [0.25, 0.3) is 49.8 Å². The van der Waals surface area contributed by atoms with E-state index in [0.29, 0.717) is 56.9 Å². The molecule has 0 spiro atoms. The number of nitrogens with two attached hydrogens (primary N) is 1. The number of nitrogens with zero attached hydrogens (tertiary/aromatic N) is 8. The molecule has 0 radical (unpaired) electrons. The van der Waals surface area contributed by atoms with Crippen molar-refractivity contribution in [2.24, 2.45) is 29.4 Å². The number of anilines is 2. The van der Waals surface area contributed by atoms with Gasteiger partial charge in [-0.3, -0.25) is 38.4 Å². The Morgan fingerprint density at radius 3 is 1.03 bits per heavy atom. The number of amides is 7. The van der Waals surface area contributed by atoms with Gasteiger partial charge in [0.2, 0.25) is 41.4 Å². The number of carbonyl (C=O) groups excluding carboxylic acids is 7. The van der Waals surface area contributed by atoms with Crippen molar-refractivity contribution in [1.82, 2.24) is 55.9 Å². The maximum absolute atomic E-state index is 15.2. The number of nitrogens with one attached hydrogen (secondary N) is 5. The van der Waals surface area contributed by atoms with Crippen LogP contribution in [0.4, 0.5) is 42.1 Å². The summed E-state index contributed by atoms with van der Waals surface area (Å²) in [7, 11) is 5.99. The summed E-state index contributed by atoms with van der Waals surface area (Å²) in [5.41, 5.74) is 13.0. The molecular weight excluding hydrogens is 1850 g/mol. The third kappa shape index (κ3) is 21.4. The Morgan fingerprint density at radius 2 is 0.694 bits per heavy atom. The van der Waals surface area contributed by atoms with E-state index < -0.39 is 71.8 Å². The Bertz CT molecular complexity index is 6380. The van der Waals surface area contributed by atoms with E-state index in [0.717, 1.165) is 89.8 Å². The molecule has 134 heavy (non-hydrogen) atoms. The fourth-order valence-corrected chi connectivity index (χ4v) is 17.1. The highest BCUT2D eigenvalue weighted by molar-refractivity contribution is 14.1. The van der Waals surface area contributed by atoms with Crippen molar-refractivity contribution in [2.75, 3.05) is 38.2 Å². The van der Waals surface area contributed by atoms with E-state index in [9.17, 15) is 60.3 Å². The molecule has 27 nitrogen and oxygen atoms in total. The minimum absolute atomic E-state index is 0.0185. The Morgan fingerprint density at radius 1 is 0.381 bits per heavy atom. The number of methoxy groups -OCH3 is 4. The van der Waals surface area contributed by atoms with Crippen molar-refractivity contribution >= 4 is 114 Å². The van der Waals surface area contributed by atoms with Crippen LogP contribution in [0.15, 0.2) is 219 Å². The highest BCUT2D eigenvalue weighted by atomic mass is 127. The van der Waals surface area contributed by atoms with Crippen LogP contribution in [0.2, 0.25) is 0 Å². The minimum Gasteiger partial charge on any atom is -0.497 e. The lowest BCUT2D eigenvalue weighted by atomic mass is 9.98. The molecule has 13 aromatic rings. The van der Waals surface area contributed by atoms with Crippen molar-refractivity contribution in [2.45, 2.75) is 125 Å². The summed E-state index contributed by atoms with van der Waals surface area (Å²) >= 11 is 2.27. The highest BCUT2D eigenvalue weighted by Gasteiger charge is 2.48. The van der Waals surface area contributed by atoms with Crippen molar-refractivity contribution in [3.05, 3.63) is 285 Å². The number of aliphatic carboxylic acids is 1. The zero-order chi connectivity index (χ0) is 94.4. The number of carboxylic acids is 1. The van der Waals surface area contributed by atoms with E-state index in [1.54, 1.807) is 104 Å². The third-order valence-corrected chi connectivity index (χ3v) is 24.9. The van der Waals surface area contributed by atoms with E-state index >= 15 is 8.78 Å². The molecule has 7 heterocycles. The van der Waals surface area contributed by atoms with E-state index in [4.69, 9.17) is 29.8 Å². The zero-order valence-electron chi connectivity index (χ0n) is 72.7. The molecule has 8 N–H and O–H groups in total. The normalized spacial score (nSPS) is 19.8. The van der Waals surface area contributed by atoms with E-state index in [2.05, 4.69) is 70.5 Å². The fraction of sp³-hybridized carbons (Fsp3) is 0.283. The van der Waals surface area contributed by atoms with Crippen LogP contribution in [-0.4, -0.2) is 134 Å². The summed E-state index contributed by atoms with van der Waals surface area (Å²) < 4.78 is 125.